The fourth-order valence-electron chi connectivity index (χ4n) is 1.40. The Balaban J connectivity index is 2.67. The lowest BCUT2D eigenvalue weighted by Crippen LogP contribution is -2.14. The quantitative estimate of drug-likeness (QED) is 0.497. The molecule has 0 heterocycles. The topological polar surface area (TPSA) is 46.5 Å². The fourth-order valence-corrected chi connectivity index (χ4v) is 1.90. The standard InChI is InChI=1S/C14H17BrO3/c1-3-4-9-18-14(17)10(2)13(16)11-7-5-6-8-12(11)15/h5-8,13,16H,2-4,9H2,1H3. The molecule has 0 aliphatic carbocycles. The maximum atomic E-state index is 11.6. The molecule has 0 amide bonds. The molecule has 3 nitrogen and oxygen atoms in total. The van der Waals surface area contributed by atoms with Crippen LogP contribution >= 0.6 is 15.9 Å². The number of halogens is 1. The average molecular weight is 313 g/mol. The minimum Gasteiger partial charge on any atom is -0.462 e. The lowest BCUT2D eigenvalue weighted by Gasteiger charge is -2.14. The zero-order valence-electron chi connectivity index (χ0n) is 10.4. The molecule has 1 rings (SSSR count). The van der Waals surface area contributed by atoms with Crippen molar-refractivity contribution in [2.75, 3.05) is 6.61 Å². The third-order valence-electron chi connectivity index (χ3n) is 2.52. The molecular formula is C14H17BrO3. The minimum absolute atomic E-state index is 0.0537. The summed E-state index contributed by atoms with van der Waals surface area (Å²) in [5.41, 5.74) is 0.660. The van der Waals surface area contributed by atoms with Gasteiger partial charge in [-0.25, -0.2) is 4.79 Å². The Morgan fingerprint density at radius 2 is 2.17 bits per heavy atom. The lowest BCUT2D eigenvalue weighted by atomic mass is 10.0. The van der Waals surface area contributed by atoms with E-state index in [2.05, 4.69) is 22.5 Å². The molecule has 1 aromatic rings. The van der Waals surface area contributed by atoms with Gasteiger partial charge in [0, 0.05) is 4.47 Å². The van der Waals surface area contributed by atoms with Crippen LogP contribution in [0.25, 0.3) is 0 Å². The number of unbranched alkanes of at least 4 members (excludes halogenated alkanes) is 1. The molecule has 0 aromatic heterocycles. The van der Waals surface area contributed by atoms with E-state index < -0.39 is 12.1 Å². The molecular weight excluding hydrogens is 296 g/mol. The number of esters is 1. The summed E-state index contributed by atoms with van der Waals surface area (Å²) in [7, 11) is 0. The van der Waals surface area contributed by atoms with E-state index in [4.69, 9.17) is 4.74 Å². The van der Waals surface area contributed by atoms with Gasteiger partial charge in [0.15, 0.2) is 0 Å². The van der Waals surface area contributed by atoms with Crippen LogP contribution in [0.2, 0.25) is 0 Å². The number of rotatable bonds is 6. The zero-order valence-corrected chi connectivity index (χ0v) is 11.9. The lowest BCUT2D eigenvalue weighted by molar-refractivity contribution is -0.140. The highest BCUT2D eigenvalue weighted by Gasteiger charge is 2.21. The van der Waals surface area contributed by atoms with Crippen LogP contribution < -0.4 is 0 Å². The van der Waals surface area contributed by atoms with Crippen molar-refractivity contribution in [3.05, 3.63) is 46.5 Å². The van der Waals surface area contributed by atoms with Gasteiger partial charge in [0.05, 0.1) is 12.2 Å². The third kappa shape index (κ3) is 3.96. The number of hydrogen-bond acceptors (Lipinski definition) is 3. The van der Waals surface area contributed by atoms with E-state index in [1.165, 1.54) is 0 Å². The van der Waals surface area contributed by atoms with Crippen LogP contribution in [-0.4, -0.2) is 17.7 Å². The van der Waals surface area contributed by atoms with E-state index in [0.717, 1.165) is 17.3 Å². The molecule has 0 fully saturated rings. The Labute approximate surface area is 116 Å². The van der Waals surface area contributed by atoms with Crippen LogP contribution in [0.5, 0.6) is 0 Å². The molecule has 0 spiro atoms. The maximum Gasteiger partial charge on any atom is 0.336 e. The van der Waals surface area contributed by atoms with Gasteiger partial charge in [-0.2, -0.15) is 0 Å². The monoisotopic (exact) mass is 312 g/mol. The summed E-state index contributed by atoms with van der Waals surface area (Å²) in [6.45, 7) is 5.98. The molecule has 1 aromatic carbocycles. The number of hydrogen-bond donors (Lipinski definition) is 1. The van der Waals surface area contributed by atoms with Crippen LogP contribution in [0.3, 0.4) is 0 Å². The Morgan fingerprint density at radius 3 is 2.78 bits per heavy atom. The van der Waals surface area contributed by atoms with Crippen LogP contribution in [0.4, 0.5) is 0 Å². The number of ether oxygens (including phenoxy) is 1. The van der Waals surface area contributed by atoms with Gasteiger partial charge in [0.1, 0.15) is 6.10 Å². The Hall–Kier alpha value is -1.13. The summed E-state index contributed by atoms with van der Waals surface area (Å²) >= 11 is 3.32. The Bertz CT molecular complexity index is 429. The highest BCUT2D eigenvalue weighted by Crippen LogP contribution is 2.27. The number of aliphatic hydroxyl groups excluding tert-OH is 1. The first-order valence-electron chi connectivity index (χ1n) is 5.86. The van der Waals surface area contributed by atoms with Gasteiger partial charge >= 0.3 is 5.97 Å². The molecule has 0 saturated heterocycles. The molecule has 0 bridgehead atoms. The largest absolute Gasteiger partial charge is 0.462 e. The van der Waals surface area contributed by atoms with Gasteiger partial charge < -0.3 is 9.84 Å². The van der Waals surface area contributed by atoms with Gasteiger partial charge in [-0.1, -0.05) is 54.1 Å². The summed E-state index contributed by atoms with van der Waals surface area (Å²) < 4.78 is 5.75. The predicted molar refractivity (Wildman–Crippen MR) is 74.1 cm³/mol. The fraction of sp³-hybridized carbons (Fsp3) is 0.357. The molecule has 98 valence electrons. The first-order chi connectivity index (χ1) is 8.57. The van der Waals surface area contributed by atoms with E-state index in [0.29, 0.717) is 12.2 Å². The molecule has 1 N–H and O–H groups in total. The number of aliphatic hydroxyl groups is 1. The molecule has 0 radical (unpaired) electrons. The van der Waals surface area contributed by atoms with E-state index >= 15 is 0 Å². The normalized spacial score (nSPS) is 11.9. The van der Waals surface area contributed by atoms with Gasteiger partial charge in [0.25, 0.3) is 0 Å². The van der Waals surface area contributed by atoms with E-state index in [1.54, 1.807) is 18.2 Å². The van der Waals surface area contributed by atoms with Gasteiger partial charge in [-0.05, 0) is 18.1 Å². The number of benzene rings is 1. The molecule has 4 heteroatoms. The zero-order chi connectivity index (χ0) is 13.5. The van der Waals surface area contributed by atoms with Crippen LogP contribution in [0.1, 0.15) is 31.4 Å². The van der Waals surface area contributed by atoms with Crippen molar-refractivity contribution in [1.29, 1.82) is 0 Å². The average Bonchev–Trinajstić information content (AvgIpc) is 2.38. The van der Waals surface area contributed by atoms with E-state index in [-0.39, 0.29) is 5.57 Å². The molecule has 18 heavy (non-hydrogen) atoms. The van der Waals surface area contributed by atoms with Crippen molar-refractivity contribution in [2.45, 2.75) is 25.9 Å². The van der Waals surface area contributed by atoms with Gasteiger partial charge in [-0.15, -0.1) is 0 Å². The summed E-state index contributed by atoms with van der Waals surface area (Å²) in [6, 6.07) is 7.16. The van der Waals surface area contributed by atoms with Gasteiger partial charge in [0.2, 0.25) is 0 Å². The number of carbonyl (C=O) groups is 1. The second-order valence-corrected chi connectivity index (χ2v) is 4.79. The maximum absolute atomic E-state index is 11.6. The molecule has 0 aliphatic heterocycles. The van der Waals surface area contributed by atoms with Crippen LogP contribution in [0, 0.1) is 0 Å². The summed E-state index contributed by atoms with van der Waals surface area (Å²) in [4.78, 5) is 11.6. The van der Waals surface area contributed by atoms with Crippen LogP contribution in [0.15, 0.2) is 40.9 Å². The van der Waals surface area contributed by atoms with Crippen molar-refractivity contribution in [3.8, 4) is 0 Å². The molecule has 0 saturated carbocycles. The van der Waals surface area contributed by atoms with E-state index in [1.807, 2.05) is 13.0 Å². The smallest absolute Gasteiger partial charge is 0.336 e. The van der Waals surface area contributed by atoms with Crippen LogP contribution in [-0.2, 0) is 9.53 Å². The second kappa shape index (κ2) is 7.34. The third-order valence-corrected chi connectivity index (χ3v) is 3.25. The van der Waals surface area contributed by atoms with Crippen molar-refractivity contribution in [2.24, 2.45) is 0 Å². The van der Waals surface area contributed by atoms with Crippen molar-refractivity contribution in [1.82, 2.24) is 0 Å². The summed E-state index contributed by atoms with van der Waals surface area (Å²) in [5.74, 6) is -0.549. The predicted octanol–water partition coefficient (Wildman–Crippen LogP) is 3.38. The first-order valence-corrected chi connectivity index (χ1v) is 6.65. The van der Waals surface area contributed by atoms with Crippen molar-refractivity contribution >= 4 is 21.9 Å². The molecule has 0 aliphatic rings. The minimum atomic E-state index is -1.05. The Kier molecular flexibility index (Phi) is 6.09. The van der Waals surface area contributed by atoms with Gasteiger partial charge in [-0.3, -0.25) is 0 Å². The highest BCUT2D eigenvalue weighted by molar-refractivity contribution is 9.10. The number of carbonyl (C=O) groups excluding carboxylic acids is 1. The Morgan fingerprint density at radius 1 is 1.50 bits per heavy atom. The molecule has 1 unspecified atom stereocenters. The van der Waals surface area contributed by atoms with Crippen molar-refractivity contribution in [3.63, 3.8) is 0 Å². The van der Waals surface area contributed by atoms with Crippen molar-refractivity contribution < 1.29 is 14.6 Å². The second-order valence-electron chi connectivity index (χ2n) is 3.94. The molecule has 1 atom stereocenters. The SMILES string of the molecule is C=C(C(=O)OCCCC)C(O)c1ccccc1Br. The first kappa shape index (κ1) is 14.9. The summed E-state index contributed by atoms with van der Waals surface area (Å²) in [6.07, 6.45) is 0.714. The highest BCUT2D eigenvalue weighted by atomic mass is 79.9. The van der Waals surface area contributed by atoms with E-state index in [9.17, 15) is 9.90 Å². The summed E-state index contributed by atoms with van der Waals surface area (Å²) in [5, 5.41) is 10.1.